The number of benzene rings is 1. The van der Waals surface area contributed by atoms with Gasteiger partial charge < -0.3 is 14.7 Å². The minimum atomic E-state index is 0.0663. The monoisotopic (exact) mass is 489 g/mol. The van der Waals surface area contributed by atoms with Gasteiger partial charge in [0.1, 0.15) is 5.52 Å². The summed E-state index contributed by atoms with van der Waals surface area (Å²) in [6.45, 7) is 0. The average Bonchev–Trinajstić information content (AvgIpc) is 3.74. The lowest BCUT2D eigenvalue weighted by Crippen LogP contribution is -2.20. The van der Waals surface area contributed by atoms with Crippen LogP contribution >= 0.6 is 0 Å². The SMILES string of the molecule is O=C(Nc1cncc(-c2ccc3[nH]nc(-c4nc5c(-c6ccoc6)cccc5[nH]4)c3n2)c1)C1CCCC1. The van der Waals surface area contributed by atoms with E-state index in [1.165, 1.54) is 0 Å². The number of para-hydroxylation sites is 1. The summed E-state index contributed by atoms with van der Waals surface area (Å²) in [5.41, 5.74) is 8.01. The number of rotatable bonds is 5. The minimum Gasteiger partial charge on any atom is -0.472 e. The third-order valence-electron chi connectivity index (χ3n) is 7.00. The molecule has 1 saturated carbocycles. The largest absolute Gasteiger partial charge is 0.472 e. The molecule has 37 heavy (non-hydrogen) atoms. The fourth-order valence-corrected chi connectivity index (χ4v) is 5.10. The molecular formula is C28H23N7O2. The summed E-state index contributed by atoms with van der Waals surface area (Å²) in [5.74, 6) is 0.777. The van der Waals surface area contributed by atoms with Gasteiger partial charge >= 0.3 is 0 Å². The predicted molar refractivity (Wildman–Crippen MR) is 140 cm³/mol. The highest BCUT2D eigenvalue weighted by atomic mass is 16.3. The fourth-order valence-electron chi connectivity index (χ4n) is 5.10. The quantitative estimate of drug-likeness (QED) is 0.275. The van der Waals surface area contributed by atoms with Gasteiger partial charge in [-0.3, -0.25) is 14.9 Å². The van der Waals surface area contributed by atoms with E-state index >= 15 is 0 Å². The number of carbonyl (C=O) groups is 1. The molecule has 5 heterocycles. The van der Waals surface area contributed by atoms with Gasteiger partial charge in [0.15, 0.2) is 11.5 Å². The number of carbonyl (C=O) groups excluding carboxylic acids is 1. The molecule has 0 spiro atoms. The number of nitrogens with one attached hydrogen (secondary N) is 3. The van der Waals surface area contributed by atoms with Crippen LogP contribution in [-0.2, 0) is 4.79 Å². The van der Waals surface area contributed by atoms with Crippen molar-refractivity contribution in [2.24, 2.45) is 5.92 Å². The van der Waals surface area contributed by atoms with Gasteiger partial charge in [-0.1, -0.05) is 25.0 Å². The highest BCUT2D eigenvalue weighted by Gasteiger charge is 2.23. The maximum Gasteiger partial charge on any atom is 0.227 e. The number of hydrogen-bond donors (Lipinski definition) is 3. The van der Waals surface area contributed by atoms with Gasteiger partial charge in [-0.2, -0.15) is 5.10 Å². The molecule has 0 aliphatic heterocycles. The molecule has 1 amide bonds. The zero-order valence-electron chi connectivity index (χ0n) is 19.9. The molecule has 0 atom stereocenters. The molecule has 1 fully saturated rings. The van der Waals surface area contributed by atoms with Crippen molar-refractivity contribution in [2.45, 2.75) is 25.7 Å². The molecule has 1 aliphatic rings. The lowest BCUT2D eigenvalue weighted by atomic mass is 10.1. The van der Waals surface area contributed by atoms with Crippen molar-refractivity contribution in [3.63, 3.8) is 0 Å². The van der Waals surface area contributed by atoms with Crippen molar-refractivity contribution in [1.82, 2.24) is 30.1 Å². The number of furan rings is 1. The number of amides is 1. The third-order valence-corrected chi connectivity index (χ3v) is 7.00. The van der Waals surface area contributed by atoms with Crippen LogP contribution in [-0.4, -0.2) is 36.0 Å². The number of nitrogens with zero attached hydrogens (tertiary/aromatic N) is 4. The second-order valence-corrected chi connectivity index (χ2v) is 9.40. The summed E-state index contributed by atoms with van der Waals surface area (Å²) in [6, 6.07) is 13.7. The molecule has 9 nitrogen and oxygen atoms in total. The van der Waals surface area contributed by atoms with Gasteiger partial charge in [0.05, 0.1) is 46.7 Å². The van der Waals surface area contributed by atoms with Gasteiger partial charge in [0.25, 0.3) is 0 Å². The molecule has 0 unspecified atom stereocenters. The van der Waals surface area contributed by atoms with Gasteiger partial charge in [0, 0.05) is 28.8 Å². The number of fused-ring (bicyclic) bond motifs is 2. The number of anilines is 1. The van der Waals surface area contributed by atoms with Crippen LogP contribution < -0.4 is 5.32 Å². The van der Waals surface area contributed by atoms with E-state index in [0.717, 1.165) is 64.6 Å². The molecule has 0 saturated heterocycles. The van der Waals surface area contributed by atoms with Crippen LogP contribution in [0.2, 0.25) is 0 Å². The van der Waals surface area contributed by atoms with Gasteiger partial charge in [-0.15, -0.1) is 0 Å². The number of aromatic nitrogens is 6. The Bertz CT molecular complexity index is 1740. The normalized spacial score (nSPS) is 14.1. The number of aromatic amines is 2. The number of pyridine rings is 2. The first kappa shape index (κ1) is 21.5. The zero-order valence-corrected chi connectivity index (χ0v) is 19.9. The third kappa shape index (κ3) is 3.85. The van der Waals surface area contributed by atoms with Crippen LogP contribution in [0.15, 0.2) is 71.8 Å². The van der Waals surface area contributed by atoms with E-state index in [-0.39, 0.29) is 11.8 Å². The lowest BCUT2D eigenvalue weighted by Gasteiger charge is -2.11. The van der Waals surface area contributed by atoms with Crippen LogP contribution in [0.3, 0.4) is 0 Å². The van der Waals surface area contributed by atoms with Gasteiger partial charge in [0.2, 0.25) is 5.91 Å². The first-order valence-corrected chi connectivity index (χ1v) is 12.4. The van der Waals surface area contributed by atoms with Crippen molar-refractivity contribution in [3.8, 4) is 33.9 Å². The van der Waals surface area contributed by atoms with E-state index in [1.54, 1.807) is 24.9 Å². The van der Waals surface area contributed by atoms with Crippen LogP contribution in [0.1, 0.15) is 25.7 Å². The van der Waals surface area contributed by atoms with E-state index in [4.69, 9.17) is 14.4 Å². The van der Waals surface area contributed by atoms with Crippen LogP contribution in [0.4, 0.5) is 5.69 Å². The Hall–Kier alpha value is -4.79. The lowest BCUT2D eigenvalue weighted by molar-refractivity contribution is -0.119. The van der Waals surface area contributed by atoms with Crippen molar-refractivity contribution in [3.05, 3.63) is 67.4 Å². The molecule has 1 aromatic carbocycles. The molecule has 1 aliphatic carbocycles. The summed E-state index contributed by atoms with van der Waals surface area (Å²) in [7, 11) is 0. The molecule has 0 bridgehead atoms. The summed E-state index contributed by atoms with van der Waals surface area (Å²) < 4.78 is 5.27. The first-order valence-electron chi connectivity index (χ1n) is 12.4. The second kappa shape index (κ2) is 8.70. The van der Waals surface area contributed by atoms with Crippen LogP contribution in [0.25, 0.3) is 56.0 Å². The second-order valence-electron chi connectivity index (χ2n) is 9.40. The van der Waals surface area contributed by atoms with Crippen LogP contribution in [0, 0.1) is 5.92 Å². The highest BCUT2D eigenvalue weighted by Crippen LogP contribution is 2.32. The summed E-state index contributed by atoms with van der Waals surface area (Å²) in [4.78, 5) is 30.1. The van der Waals surface area contributed by atoms with E-state index in [9.17, 15) is 4.79 Å². The van der Waals surface area contributed by atoms with Crippen molar-refractivity contribution < 1.29 is 9.21 Å². The molecule has 9 heteroatoms. The number of H-pyrrole nitrogens is 2. The Balaban J connectivity index is 1.25. The maximum atomic E-state index is 12.6. The van der Waals surface area contributed by atoms with Crippen molar-refractivity contribution >= 4 is 33.7 Å². The Kier molecular flexibility index (Phi) is 5.05. The maximum absolute atomic E-state index is 12.6. The minimum absolute atomic E-state index is 0.0663. The average molecular weight is 490 g/mol. The Morgan fingerprint density at radius 1 is 0.973 bits per heavy atom. The molecule has 3 N–H and O–H groups in total. The predicted octanol–water partition coefficient (Wildman–Crippen LogP) is 5.95. The van der Waals surface area contributed by atoms with Gasteiger partial charge in [-0.25, -0.2) is 9.97 Å². The van der Waals surface area contributed by atoms with E-state index in [0.29, 0.717) is 22.7 Å². The number of imidazole rings is 1. The molecule has 0 radical (unpaired) electrons. The summed E-state index contributed by atoms with van der Waals surface area (Å²) in [6.07, 6.45) is 10.9. The number of hydrogen-bond acceptors (Lipinski definition) is 6. The molecule has 7 rings (SSSR count). The van der Waals surface area contributed by atoms with Crippen molar-refractivity contribution in [2.75, 3.05) is 5.32 Å². The zero-order chi connectivity index (χ0) is 24.8. The Labute approximate surface area is 211 Å². The standard InChI is InChI=1S/C28H23N7O2/c36-28(16-4-1-2-5-16)30-19-12-18(13-29-14-19)21-8-9-23-25(31-21)26(35-34-23)27-32-22-7-3-6-20(24(22)33-27)17-10-11-37-15-17/h3,6-16H,1-2,4-5H2,(H,30,36)(H,32,33)(H,34,35). The Morgan fingerprint density at radius 2 is 1.89 bits per heavy atom. The Morgan fingerprint density at radius 3 is 2.76 bits per heavy atom. The van der Waals surface area contributed by atoms with Crippen LogP contribution in [0.5, 0.6) is 0 Å². The molecule has 5 aromatic heterocycles. The fraction of sp³-hybridized carbons (Fsp3) is 0.179. The first-order chi connectivity index (χ1) is 18.2. The van der Waals surface area contributed by atoms with Gasteiger partial charge in [-0.05, 0) is 43.2 Å². The van der Waals surface area contributed by atoms with E-state index in [1.807, 2.05) is 42.5 Å². The molecule has 182 valence electrons. The topological polar surface area (TPSA) is 125 Å². The summed E-state index contributed by atoms with van der Waals surface area (Å²) in [5, 5.41) is 10.6. The van der Waals surface area contributed by atoms with E-state index < -0.39 is 0 Å². The highest BCUT2D eigenvalue weighted by molar-refractivity contribution is 5.96. The molecule has 6 aromatic rings. The summed E-state index contributed by atoms with van der Waals surface area (Å²) >= 11 is 0. The van der Waals surface area contributed by atoms with E-state index in [2.05, 4.69) is 25.5 Å². The van der Waals surface area contributed by atoms with Crippen molar-refractivity contribution in [1.29, 1.82) is 0 Å². The smallest absolute Gasteiger partial charge is 0.227 e. The molecular weight excluding hydrogens is 466 g/mol.